The third-order valence-electron chi connectivity index (χ3n) is 4.43. The molecule has 0 bridgehead atoms. The predicted molar refractivity (Wildman–Crippen MR) is 83.8 cm³/mol. The Bertz CT molecular complexity index is 382. The number of aliphatic hydroxyl groups excluding tert-OH is 1. The zero-order chi connectivity index (χ0) is 14.4. The number of rotatable bonds is 6. The highest BCUT2D eigenvalue weighted by atomic mass is 16.3. The van der Waals surface area contributed by atoms with Gasteiger partial charge in [-0.2, -0.15) is 0 Å². The van der Waals surface area contributed by atoms with Crippen LogP contribution in [-0.4, -0.2) is 48.3 Å². The molecule has 1 aliphatic heterocycles. The average Bonchev–Trinajstić information content (AvgIpc) is 2.49. The molecule has 3 nitrogen and oxygen atoms in total. The Hall–Kier alpha value is -0.900. The first-order chi connectivity index (χ1) is 9.72. The molecule has 1 aromatic carbocycles. The number of nitrogens with one attached hydrogen (secondary N) is 1. The van der Waals surface area contributed by atoms with E-state index in [-0.39, 0.29) is 12.6 Å². The Labute approximate surface area is 123 Å². The summed E-state index contributed by atoms with van der Waals surface area (Å²) in [5, 5.41) is 13.3. The van der Waals surface area contributed by atoms with Crippen LogP contribution in [0, 0.1) is 5.92 Å². The second-order valence-electron chi connectivity index (χ2n) is 6.00. The summed E-state index contributed by atoms with van der Waals surface area (Å²) in [5.74, 6) is 0.647. The number of aliphatic hydroxyl groups is 1. The molecular formula is C17H28N2O. The van der Waals surface area contributed by atoms with Gasteiger partial charge in [-0.05, 0) is 37.4 Å². The van der Waals surface area contributed by atoms with Gasteiger partial charge in [0.15, 0.2) is 0 Å². The molecule has 0 aromatic heterocycles. The molecule has 0 amide bonds. The number of hydrogen-bond acceptors (Lipinski definition) is 3. The fourth-order valence-corrected chi connectivity index (χ4v) is 3.14. The zero-order valence-electron chi connectivity index (χ0n) is 12.8. The van der Waals surface area contributed by atoms with Gasteiger partial charge in [-0.15, -0.1) is 0 Å². The third kappa shape index (κ3) is 4.30. The van der Waals surface area contributed by atoms with Crippen molar-refractivity contribution >= 4 is 0 Å². The van der Waals surface area contributed by atoms with Gasteiger partial charge >= 0.3 is 0 Å². The predicted octanol–water partition coefficient (Wildman–Crippen LogP) is 1.91. The lowest BCUT2D eigenvalue weighted by atomic mass is 9.92. The minimum atomic E-state index is 0.165. The maximum absolute atomic E-state index is 9.63. The first-order valence-electron chi connectivity index (χ1n) is 7.86. The Balaban J connectivity index is 1.87. The molecule has 0 spiro atoms. The van der Waals surface area contributed by atoms with Crippen LogP contribution in [0.1, 0.15) is 25.8 Å². The lowest BCUT2D eigenvalue weighted by molar-refractivity contribution is 0.133. The van der Waals surface area contributed by atoms with Gasteiger partial charge in [-0.25, -0.2) is 0 Å². The molecule has 2 N–H and O–H groups in total. The highest BCUT2D eigenvalue weighted by Crippen LogP contribution is 2.17. The minimum Gasteiger partial charge on any atom is -0.395 e. The van der Waals surface area contributed by atoms with E-state index in [4.69, 9.17) is 0 Å². The monoisotopic (exact) mass is 276 g/mol. The van der Waals surface area contributed by atoms with E-state index in [1.54, 1.807) is 0 Å². The molecule has 0 radical (unpaired) electrons. The second kappa shape index (κ2) is 7.77. The van der Waals surface area contributed by atoms with Crippen molar-refractivity contribution in [3.8, 4) is 0 Å². The van der Waals surface area contributed by atoms with Crippen LogP contribution in [-0.2, 0) is 6.42 Å². The molecule has 112 valence electrons. The van der Waals surface area contributed by atoms with Gasteiger partial charge in [0.25, 0.3) is 0 Å². The van der Waals surface area contributed by atoms with E-state index in [1.165, 1.54) is 18.5 Å². The molecule has 1 aliphatic rings. The molecular weight excluding hydrogens is 248 g/mol. The van der Waals surface area contributed by atoms with E-state index >= 15 is 0 Å². The van der Waals surface area contributed by atoms with Crippen molar-refractivity contribution in [1.29, 1.82) is 0 Å². The first-order valence-corrected chi connectivity index (χ1v) is 7.86. The van der Waals surface area contributed by atoms with E-state index in [9.17, 15) is 5.11 Å². The van der Waals surface area contributed by atoms with Gasteiger partial charge in [-0.1, -0.05) is 44.2 Å². The summed E-state index contributed by atoms with van der Waals surface area (Å²) in [7, 11) is 0. The maximum Gasteiger partial charge on any atom is 0.0587 e. The van der Waals surface area contributed by atoms with Crippen LogP contribution in [0.3, 0.4) is 0 Å². The van der Waals surface area contributed by atoms with E-state index in [0.717, 1.165) is 19.5 Å². The molecule has 0 saturated carbocycles. The Morgan fingerprint density at radius 2 is 2.10 bits per heavy atom. The summed E-state index contributed by atoms with van der Waals surface area (Å²) in [5.41, 5.74) is 1.29. The summed E-state index contributed by atoms with van der Waals surface area (Å²) in [6.45, 7) is 8.22. The van der Waals surface area contributed by atoms with E-state index < -0.39 is 0 Å². The number of likely N-dealkylation sites (tertiary alicyclic amines) is 1. The summed E-state index contributed by atoms with van der Waals surface area (Å²) in [6, 6.07) is 11.1. The van der Waals surface area contributed by atoms with Crippen molar-refractivity contribution in [2.24, 2.45) is 5.92 Å². The van der Waals surface area contributed by atoms with Crippen molar-refractivity contribution in [3.63, 3.8) is 0 Å². The Morgan fingerprint density at radius 3 is 2.70 bits per heavy atom. The van der Waals surface area contributed by atoms with E-state index in [0.29, 0.717) is 12.0 Å². The quantitative estimate of drug-likeness (QED) is 0.833. The van der Waals surface area contributed by atoms with E-state index in [2.05, 4.69) is 48.3 Å². The summed E-state index contributed by atoms with van der Waals surface area (Å²) >= 11 is 0. The normalized spacial score (nSPS) is 25.6. The van der Waals surface area contributed by atoms with Gasteiger partial charge in [0, 0.05) is 18.6 Å². The molecule has 1 fully saturated rings. The first kappa shape index (κ1) is 15.5. The fourth-order valence-electron chi connectivity index (χ4n) is 3.14. The lowest BCUT2D eigenvalue weighted by Gasteiger charge is -2.38. The zero-order valence-corrected chi connectivity index (χ0v) is 12.8. The standard InChI is InChI=1S/C17H28N2O/c1-3-19-10-9-17(14(2)12-19)18-16(13-20)11-15-7-5-4-6-8-15/h4-8,14,16-18,20H,3,9-13H2,1-2H3/t14?,16-,17?/m1/s1. The fraction of sp³-hybridized carbons (Fsp3) is 0.647. The molecule has 2 unspecified atom stereocenters. The van der Waals surface area contributed by atoms with Crippen molar-refractivity contribution < 1.29 is 5.11 Å². The molecule has 3 heteroatoms. The topological polar surface area (TPSA) is 35.5 Å². The van der Waals surface area contributed by atoms with Crippen LogP contribution >= 0.6 is 0 Å². The van der Waals surface area contributed by atoms with Crippen molar-refractivity contribution in [2.75, 3.05) is 26.2 Å². The van der Waals surface area contributed by atoms with Crippen LogP contribution in [0.2, 0.25) is 0 Å². The van der Waals surface area contributed by atoms with Crippen LogP contribution in [0.25, 0.3) is 0 Å². The molecule has 2 rings (SSSR count). The second-order valence-corrected chi connectivity index (χ2v) is 6.00. The van der Waals surface area contributed by atoms with Gasteiger partial charge in [0.1, 0.15) is 0 Å². The highest BCUT2D eigenvalue weighted by molar-refractivity contribution is 5.16. The smallest absolute Gasteiger partial charge is 0.0587 e. The maximum atomic E-state index is 9.63. The summed E-state index contributed by atoms with van der Waals surface area (Å²) < 4.78 is 0. The largest absolute Gasteiger partial charge is 0.395 e. The number of benzene rings is 1. The molecule has 3 atom stereocenters. The SMILES string of the molecule is CCN1CCC(N[C@@H](CO)Cc2ccccc2)C(C)C1. The molecule has 1 saturated heterocycles. The van der Waals surface area contributed by atoms with Gasteiger partial charge in [0.2, 0.25) is 0 Å². The van der Waals surface area contributed by atoms with Crippen LogP contribution in [0.5, 0.6) is 0 Å². The average molecular weight is 276 g/mol. The van der Waals surface area contributed by atoms with Gasteiger partial charge < -0.3 is 15.3 Å². The molecule has 0 aliphatic carbocycles. The van der Waals surface area contributed by atoms with Crippen LogP contribution in [0.4, 0.5) is 0 Å². The van der Waals surface area contributed by atoms with Gasteiger partial charge in [0.05, 0.1) is 6.61 Å². The highest BCUT2D eigenvalue weighted by Gasteiger charge is 2.26. The number of piperidine rings is 1. The number of nitrogens with zero attached hydrogens (tertiary/aromatic N) is 1. The Morgan fingerprint density at radius 1 is 1.35 bits per heavy atom. The van der Waals surface area contributed by atoms with Crippen molar-refractivity contribution in [1.82, 2.24) is 10.2 Å². The Kier molecular flexibility index (Phi) is 6.02. The lowest BCUT2D eigenvalue weighted by Crippen LogP contribution is -2.52. The summed E-state index contributed by atoms with van der Waals surface area (Å²) in [4.78, 5) is 2.51. The van der Waals surface area contributed by atoms with Crippen LogP contribution < -0.4 is 5.32 Å². The van der Waals surface area contributed by atoms with Gasteiger partial charge in [-0.3, -0.25) is 0 Å². The van der Waals surface area contributed by atoms with E-state index in [1.807, 2.05) is 6.07 Å². The van der Waals surface area contributed by atoms with Crippen LogP contribution in [0.15, 0.2) is 30.3 Å². The molecule has 1 heterocycles. The number of hydrogen-bond donors (Lipinski definition) is 2. The third-order valence-corrected chi connectivity index (χ3v) is 4.43. The summed E-state index contributed by atoms with van der Waals surface area (Å²) in [6.07, 6.45) is 2.08. The van der Waals surface area contributed by atoms with Crippen molar-refractivity contribution in [2.45, 2.75) is 38.8 Å². The molecule has 20 heavy (non-hydrogen) atoms. The molecule has 1 aromatic rings. The van der Waals surface area contributed by atoms with Crippen molar-refractivity contribution in [3.05, 3.63) is 35.9 Å². The minimum absolute atomic E-state index is 0.165.